The normalized spacial score (nSPS) is 10.9. The van der Waals surface area contributed by atoms with E-state index in [2.05, 4.69) is 9.98 Å². The molecule has 0 saturated heterocycles. The molecule has 0 aliphatic heterocycles. The molecule has 3 nitrogen and oxygen atoms in total. The zero-order chi connectivity index (χ0) is 10.8. The minimum Gasteiger partial charge on any atom is -0.241 e. The number of hydrogen-bond donors (Lipinski definition) is 0. The Balaban J connectivity index is 3.25. The first-order valence-corrected chi connectivity index (χ1v) is 4.58. The number of halogens is 1. The van der Waals surface area contributed by atoms with Gasteiger partial charge in [-0.15, -0.1) is 0 Å². The Morgan fingerprint density at radius 1 is 1.50 bits per heavy atom. The van der Waals surface area contributed by atoms with E-state index in [1.54, 1.807) is 13.8 Å². The number of nitrogens with zero attached hydrogens (tertiary/aromatic N) is 2. The topological polar surface area (TPSA) is 42.3 Å². The third kappa shape index (κ3) is 2.19. The van der Waals surface area contributed by atoms with Crippen LogP contribution in [-0.4, -0.2) is 11.1 Å². The van der Waals surface area contributed by atoms with Crippen molar-refractivity contribution in [2.24, 2.45) is 4.99 Å². The van der Waals surface area contributed by atoms with E-state index in [0.29, 0.717) is 5.15 Å². The maximum atomic E-state index is 10.2. The van der Waals surface area contributed by atoms with Crippen LogP contribution in [0.2, 0.25) is 5.15 Å². The first-order chi connectivity index (χ1) is 6.47. The van der Waals surface area contributed by atoms with Crippen LogP contribution in [0, 0.1) is 6.92 Å². The summed E-state index contributed by atoms with van der Waals surface area (Å²) in [4.78, 5) is 18.0. The van der Waals surface area contributed by atoms with Gasteiger partial charge < -0.3 is 0 Å². The Labute approximate surface area is 87.8 Å². The molecule has 0 fully saturated rings. The van der Waals surface area contributed by atoms with Gasteiger partial charge in [0.15, 0.2) is 0 Å². The summed E-state index contributed by atoms with van der Waals surface area (Å²) in [6.45, 7) is 5.43. The van der Waals surface area contributed by atoms with E-state index in [1.165, 1.54) is 6.08 Å². The third-order valence-corrected chi connectivity index (χ3v) is 2.26. The zero-order valence-electron chi connectivity index (χ0n) is 8.34. The smallest absolute Gasteiger partial charge is 0.235 e. The van der Waals surface area contributed by atoms with Gasteiger partial charge in [-0.2, -0.15) is 4.99 Å². The highest BCUT2D eigenvalue weighted by Crippen LogP contribution is 2.29. The van der Waals surface area contributed by atoms with Gasteiger partial charge in [0.05, 0.1) is 5.54 Å². The van der Waals surface area contributed by atoms with Crippen molar-refractivity contribution < 1.29 is 4.79 Å². The lowest BCUT2D eigenvalue weighted by Crippen LogP contribution is -2.14. The molecule has 1 heterocycles. The molecule has 0 aliphatic carbocycles. The summed E-state index contributed by atoms with van der Waals surface area (Å²) in [5.74, 6) is 0. The van der Waals surface area contributed by atoms with Gasteiger partial charge in [-0.25, -0.2) is 9.78 Å². The number of rotatable bonds is 2. The molecule has 0 unspecified atom stereocenters. The second-order valence-electron chi connectivity index (χ2n) is 3.55. The maximum absolute atomic E-state index is 10.2. The summed E-state index contributed by atoms with van der Waals surface area (Å²) in [7, 11) is 0. The Morgan fingerprint density at radius 2 is 2.14 bits per heavy atom. The molecule has 0 aromatic carbocycles. The van der Waals surface area contributed by atoms with Crippen LogP contribution in [0.1, 0.15) is 25.1 Å². The van der Waals surface area contributed by atoms with Crippen molar-refractivity contribution >= 4 is 17.7 Å². The van der Waals surface area contributed by atoms with Crippen LogP contribution in [-0.2, 0) is 10.3 Å². The van der Waals surface area contributed by atoms with Gasteiger partial charge in [-0.1, -0.05) is 17.7 Å². The summed E-state index contributed by atoms with van der Waals surface area (Å²) >= 11 is 5.95. The number of aromatic nitrogens is 1. The van der Waals surface area contributed by atoms with E-state index in [9.17, 15) is 4.79 Å². The Bertz CT molecular complexity index is 395. The van der Waals surface area contributed by atoms with Crippen molar-refractivity contribution in [3.05, 3.63) is 28.5 Å². The summed E-state index contributed by atoms with van der Waals surface area (Å²) in [5, 5.41) is 0.383. The Hall–Kier alpha value is -1.18. The van der Waals surface area contributed by atoms with Crippen LogP contribution >= 0.6 is 11.6 Å². The first-order valence-electron chi connectivity index (χ1n) is 4.20. The molecule has 0 N–H and O–H groups in total. The minimum atomic E-state index is -0.667. The Morgan fingerprint density at radius 3 is 2.64 bits per heavy atom. The number of carbonyl (C=O) groups excluding carboxylic acids is 1. The quantitative estimate of drug-likeness (QED) is 0.428. The molecule has 1 aromatic heterocycles. The minimum absolute atomic E-state index is 0.383. The molecule has 1 aromatic rings. The molecule has 0 saturated carbocycles. The lowest BCUT2D eigenvalue weighted by Gasteiger charge is -2.18. The standard InChI is InChI=1S/C10H11ClN2O/c1-7-4-5-8(9(11)13-7)10(2,3)12-6-14/h4-5H,1-3H3. The van der Waals surface area contributed by atoms with Crippen LogP contribution in [0.3, 0.4) is 0 Å². The fourth-order valence-electron chi connectivity index (χ4n) is 1.16. The highest BCUT2D eigenvalue weighted by Gasteiger charge is 2.22. The summed E-state index contributed by atoms with van der Waals surface area (Å²) < 4.78 is 0. The van der Waals surface area contributed by atoms with E-state index in [-0.39, 0.29) is 0 Å². The van der Waals surface area contributed by atoms with Gasteiger partial charge >= 0.3 is 0 Å². The molecule has 0 radical (unpaired) electrons. The Kier molecular flexibility index (Phi) is 3.04. The van der Waals surface area contributed by atoms with Crippen molar-refractivity contribution in [3.63, 3.8) is 0 Å². The molecule has 0 bridgehead atoms. The number of aryl methyl sites for hydroxylation is 1. The summed E-state index contributed by atoms with van der Waals surface area (Å²) in [6, 6.07) is 3.66. The lowest BCUT2D eigenvalue weighted by molar-refractivity contribution is 0.522. The van der Waals surface area contributed by atoms with E-state index < -0.39 is 5.54 Å². The zero-order valence-corrected chi connectivity index (χ0v) is 9.09. The van der Waals surface area contributed by atoms with E-state index in [1.807, 2.05) is 19.1 Å². The van der Waals surface area contributed by atoms with Crippen molar-refractivity contribution in [1.82, 2.24) is 4.98 Å². The van der Waals surface area contributed by atoms with Gasteiger partial charge in [0.25, 0.3) is 0 Å². The van der Waals surface area contributed by atoms with E-state index in [0.717, 1.165) is 11.3 Å². The molecular weight excluding hydrogens is 200 g/mol. The van der Waals surface area contributed by atoms with Crippen LogP contribution in [0.25, 0.3) is 0 Å². The van der Waals surface area contributed by atoms with Crippen LogP contribution in [0.5, 0.6) is 0 Å². The van der Waals surface area contributed by atoms with Crippen LogP contribution < -0.4 is 0 Å². The molecule has 4 heteroatoms. The van der Waals surface area contributed by atoms with Crippen LogP contribution in [0.4, 0.5) is 0 Å². The molecule has 0 atom stereocenters. The highest BCUT2D eigenvalue weighted by molar-refractivity contribution is 6.30. The highest BCUT2D eigenvalue weighted by atomic mass is 35.5. The van der Waals surface area contributed by atoms with Crippen molar-refractivity contribution in [3.8, 4) is 0 Å². The van der Waals surface area contributed by atoms with Gasteiger partial charge in [0, 0.05) is 11.3 Å². The van der Waals surface area contributed by atoms with Crippen LogP contribution in [0.15, 0.2) is 17.1 Å². The monoisotopic (exact) mass is 210 g/mol. The van der Waals surface area contributed by atoms with Crippen molar-refractivity contribution in [1.29, 1.82) is 0 Å². The molecule has 1 rings (SSSR count). The molecule has 14 heavy (non-hydrogen) atoms. The SMILES string of the molecule is Cc1ccc(C(C)(C)N=C=O)c(Cl)n1. The fourth-order valence-corrected chi connectivity index (χ4v) is 1.58. The molecule has 0 spiro atoms. The van der Waals surface area contributed by atoms with E-state index in [4.69, 9.17) is 11.6 Å². The molecule has 0 amide bonds. The fraction of sp³-hybridized carbons (Fsp3) is 0.400. The average molecular weight is 211 g/mol. The molecule has 74 valence electrons. The average Bonchev–Trinajstić information content (AvgIpc) is 2.02. The van der Waals surface area contributed by atoms with Crippen molar-refractivity contribution in [2.75, 3.05) is 0 Å². The second-order valence-corrected chi connectivity index (χ2v) is 3.91. The van der Waals surface area contributed by atoms with Gasteiger partial charge in [-0.3, -0.25) is 0 Å². The number of isocyanates is 1. The summed E-state index contributed by atoms with van der Waals surface area (Å²) in [6.07, 6.45) is 1.54. The lowest BCUT2D eigenvalue weighted by atomic mass is 9.97. The first kappa shape index (κ1) is 10.9. The van der Waals surface area contributed by atoms with E-state index >= 15 is 0 Å². The predicted molar refractivity (Wildman–Crippen MR) is 55.1 cm³/mol. The van der Waals surface area contributed by atoms with Gasteiger partial charge in [-0.05, 0) is 26.8 Å². The number of pyridine rings is 1. The molecule has 0 aliphatic rings. The number of aliphatic imine (C=N–C) groups is 1. The van der Waals surface area contributed by atoms with Gasteiger partial charge in [0.1, 0.15) is 5.15 Å². The predicted octanol–water partition coefficient (Wildman–Crippen LogP) is 2.61. The third-order valence-electron chi connectivity index (χ3n) is 1.97. The summed E-state index contributed by atoms with van der Waals surface area (Å²) in [5.41, 5.74) is 0.900. The maximum Gasteiger partial charge on any atom is 0.235 e. The molecular formula is C10H11ClN2O. The van der Waals surface area contributed by atoms with Gasteiger partial charge in [0.2, 0.25) is 6.08 Å². The second kappa shape index (κ2) is 3.91. The largest absolute Gasteiger partial charge is 0.241 e. The number of hydrogen-bond acceptors (Lipinski definition) is 3. The van der Waals surface area contributed by atoms with Crippen molar-refractivity contribution in [2.45, 2.75) is 26.3 Å².